The Morgan fingerprint density at radius 3 is 2.07 bits per heavy atom. The Kier molecular flexibility index (Phi) is 7.31. The maximum atomic E-state index is 13.9. The van der Waals surface area contributed by atoms with Crippen LogP contribution in [-0.2, 0) is 10.5 Å². The standard InChI is InChI=1S/C34H28O12/c35-16-25-27(38)29(40)30(41)33(43-25)44-32-28(39)26-21(37)14-20(36)15-24(26)42-31(32)17-11-12-22-23(13-17)46-34(45-22,18-7-3-1-4-8-18)19-9-5-2-6-10-19/h1-15,25,27,29-30,33,35-38,40-41H,16H2/t25-,27+,29+,30-,33+/m1/s1. The van der Waals surface area contributed by atoms with Crippen molar-refractivity contribution < 1.29 is 54.0 Å². The Morgan fingerprint density at radius 2 is 1.41 bits per heavy atom. The molecule has 2 aliphatic heterocycles. The molecular weight excluding hydrogens is 600 g/mol. The Labute approximate surface area is 260 Å². The maximum Gasteiger partial charge on any atom is 0.305 e. The summed E-state index contributed by atoms with van der Waals surface area (Å²) in [4.78, 5) is 13.9. The normalized spacial score (nSPS) is 23.3. The van der Waals surface area contributed by atoms with Crippen molar-refractivity contribution in [3.63, 3.8) is 0 Å². The number of aromatic hydroxyl groups is 2. The summed E-state index contributed by atoms with van der Waals surface area (Å²) in [7, 11) is 0. The van der Waals surface area contributed by atoms with E-state index in [-0.39, 0.29) is 33.8 Å². The van der Waals surface area contributed by atoms with Gasteiger partial charge in [-0.2, -0.15) is 0 Å². The van der Waals surface area contributed by atoms with E-state index in [1.807, 2.05) is 60.7 Å². The fourth-order valence-electron chi connectivity index (χ4n) is 5.71. The van der Waals surface area contributed by atoms with Gasteiger partial charge in [0.15, 0.2) is 17.3 Å². The molecule has 0 spiro atoms. The number of rotatable bonds is 6. The van der Waals surface area contributed by atoms with Gasteiger partial charge in [-0.15, -0.1) is 0 Å². The number of phenolic OH excluding ortho intramolecular Hbond substituents is 2. The number of benzene rings is 4. The van der Waals surface area contributed by atoms with Crippen molar-refractivity contribution in [2.45, 2.75) is 36.5 Å². The molecule has 0 bridgehead atoms. The molecule has 0 saturated carbocycles. The predicted molar refractivity (Wildman–Crippen MR) is 161 cm³/mol. The highest BCUT2D eigenvalue weighted by molar-refractivity contribution is 5.88. The number of aliphatic hydroxyl groups is 4. The molecule has 1 fully saturated rings. The van der Waals surface area contributed by atoms with Gasteiger partial charge in [0.25, 0.3) is 0 Å². The Hall–Kier alpha value is -5.11. The molecule has 5 atom stereocenters. The van der Waals surface area contributed by atoms with Gasteiger partial charge in [-0.05, 0) is 18.2 Å². The minimum absolute atomic E-state index is 0.181. The summed E-state index contributed by atoms with van der Waals surface area (Å²) in [6, 6.07) is 25.5. The number of phenols is 2. The first-order valence-corrected chi connectivity index (χ1v) is 14.3. The Morgan fingerprint density at radius 1 is 0.761 bits per heavy atom. The van der Waals surface area contributed by atoms with Gasteiger partial charge in [0.2, 0.25) is 17.5 Å². The fourth-order valence-corrected chi connectivity index (χ4v) is 5.71. The van der Waals surface area contributed by atoms with Gasteiger partial charge in [0.05, 0.1) is 6.61 Å². The molecule has 1 saturated heterocycles. The van der Waals surface area contributed by atoms with Crippen molar-refractivity contribution in [3.8, 4) is 40.1 Å². The van der Waals surface area contributed by atoms with Crippen molar-refractivity contribution in [1.82, 2.24) is 0 Å². The summed E-state index contributed by atoms with van der Waals surface area (Å²) in [6.07, 6.45) is -8.36. The lowest BCUT2D eigenvalue weighted by molar-refractivity contribution is -0.277. The van der Waals surface area contributed by atoms with Crippen LogP contribution in [0.5, 0.6) is 28.7 Å². The first-order valence-electron chi connectivity index (χ1n) is 14.3. The monoisotopic (exact) mass is 628 g/mol. The summed E-state index contributed by atoms with van der Waals surface area (Å²) in [5.41, 5.74) is 0.591. The van der Waals surface area contributed by atoms with Gasteiger partial charge >= 0.3 is 5.79 Å². The number of hydrogen-bond acceptors (Lipinski definition) is 12. The quantitative estimate of drug-likeness (QED) is 0.162. The average Bonchev–Trinajstić information content (AvgIpc) is 3.46. The van der Waals surface area contributed by atoms with Crippen LogP contribution in [-0.4, -0.2) is 68.0 Å². The van der Waals surface area contributed by atoms with E-state index in [0.717, 1.165) is 12.1 Å². The fraction of sp³-hybridized carbons (Fsp3) is 0.206. The Balaban J connectivity index is 1.36. The van der Waals surface area contributed by atoms with Crippen LogP contribution in [0.4, 0.5) is 0 Å². The van der Waals surface area contributed by atoms with E-state index in [0.29, 0.717) is 16.9 Å². The molecule has 12 nitrogen and oxygen atoms in total. The second-order valence-electron chi connectivity index (χ2n) is 11.0. The lowest BCUT2D eigenvalue weighted by Crippen LogP contribution is -2.60. The highest BCUT2D eigenvalue weighted by Crippen LogP contribution is 2.49. The topological polar surface area (TPSA) is 189 Å². The average molecular weight is 629 g/mol. The third kappa shape index (κ3) is 4.80. The smallest absolute Gasteiger partial charge is 0.305 e. The van der Waals surface area contributed by atoms with E-state index < -0.39 is 60.0 Å². The van der Waals surface area contributed by atoms with Crippen LogP contribution in [0.15, 0.2) is 100 Å². The summed E-state index contributed by atoms with van der Waals surface area (Å²) in [6.45, 7) is -0.725. The number of ether oxygens (including phenoxy) is 4. The van der Waals surface area contributed by atoms with Crippen LogP contribution >= 0.6 is 0 Å². The number of aliphatic hydroxyl groups excluding tert-OH is 4. The lowest BCUT2D eigenvalue weighted by atomic mass is 9.97. The van der Waals surface area contributed by atoms with Gasteiger partial charge in [-0.25, -0.2) is 0 Å². The van der Waals surface area contributed by atoms with Crippen LogP contribution in [0.2, 0.25) is 0 Å². The summed E-state index contributed by atoms with van der Waals surface area (Å²) < 4.78 is 30.3. The van der Waals surface area contributed by atoms with Crippen molar-refractivity contribution >= 4 is 11.0 Å². The van der Waals surface area contributed by atoms with Crippen LogP contribution in [0.1, 0.15) is 11.1 Å². The second kappa shape index (κ2) is 11.4. The van der Waals surface area contributed by atoms with Crippen molar-refractivity contribution in [3.05, 3.63) is 112 Å². The second-order valence-corrected chi connectivity index (χ2v) is 11.0. The van der Waals surface area contributed by atoms with Crippen molar-refractivity contribution in [2.24, 2.45) is 0 Å². The molecule has 3 heterocycles. The van der Waals surface area contributed by atoms with E-state index in [1.165, 1.54) is 0 Å². The van der Waals surface area contributed by atoms with Gasteiger partial charge in [-0.3, -0.25) is 4.79 Å². The first-order chi connectivity index (χ1) is 22.2. The zero-order valence-electron chi connectivity index (χ0n) is 23.9. The molecule has 12 heteroatoms. The third-order valence-electron chi connectivity index (χ3n) is 8.02. The van der Waals surface area contributed by atoms with Gasteiger partial charge in [0, 0.05) is 28.8 Å². The van der Waals surface area contributed by atoms with E-state index >= 15 is 0 Å². The van der Waals surface area contributed by atoms with E-state index in [1.54, 1.807) is 18.2 Å². The summed E-state index contributed by atoms with van der Waals surface area (Å²) in [5, 5.41) is 61.1. The largest absolute Gasteiger partial charge is 0.508 e. The minimum atomic E-state index is -1.84. The van der Waals surface area contributed by atoms with Gasteiger partial charge in [0.1, 0.15) is 46.9 Å². The highest BCUT2D eigenvalue weighted by atomic mass is 16.7. The predicted octanol–water partition coefficient (Wildman–Crippen LogP) is 2.72. The molecule has 0 aliphatic carbocycles. The van der Waals surface area contributed by atoms with Crippen LogP contribution < -0.4 is 19.6 Å². The zero-order chi connectivity index (χ0) is 32.2. The molecule has 0 amide bonds. The molecule has 7 rings (SSSR count). The highest BCUT2D eigenvalue weighted by Gasteiger charge is 2.47. The molecule has 5 aromatic rings. The molecule has 236 valence electrons. The molecule has 2 aliphatic rings. The molecule has 0 unspecified atom stereocenters. The minimum Gasteiger partial charge on any atom is -0.508 e. The molecular formula is C34H28O12. The van der Waals surface area contributed by atoms with Gasteiger partial charge < -0.3 is 54.0 Å². The van der Waals surface area contributed by atoms with E-state index in [4.69, 9.17) is 23.4 Å². The first kappa shape index (κ1) is 29.6. The van der Waals surface area contributed by atoms with Crippen molar-refractivity contribution in [1.29, 1.82) is 0 Å². The van der Waals surface area contributed by atoms with Crippen LogP contribution in [0.3, 0.4) is 0 Å². The summed E-state index contributed by atoms with van der Waals surface area (Å²) >= 11 is 0. The third-order valence-corrected chi connectivity index (χ3v) is 8.02. The number of hydrogen-bond donors (Lipinski definition) is 6. The number of fused-ring (bicyclic) bond motifs is 2. The maximum absolute atomic E-state index is 13.9. The zero-order valence-corrected chi connectivity index (χ0v) is 23.9. The lowest BCUT2D eigenvalue weighted by Gasteiger charge is -2.39. The molecule has 1 aromatic heterocycles. The van der Waals surface area contributed by atoms with Gasteiger partial charge in [-0.1, -0.05) is 60.7 Å². The van der Waals surface area contributed by atoms with E-state index in [9.17, 15) is 35.4 Å². The molecule has 4 aromatic carbocycles. The van der Waals surface area contributed by atoms with Crippen molar-refractivity contribution in [2.75, 3.05) is 6.61 Å². The van der Waals surface area contributed by atoms with Crippen LogP contribution in [0.25, 0.3) is 22.3 Å². The molecule has 0 radical (unpaired) electrons. The molecule has 46 heavy (non-hydrogen) atoms. The SMILES string of the molecule is O=c1c(O[C@@H]2O[C@H](CO)[C@H](O)[C@H](O)[C@H]2O)c(-c2ccc3c(c2)OC(c2ccccc2)(c2ccccc2)O3)oc2cc(O)cc(O)c12. The van der Waals surface area contributed by atoms with Crippen LogP contribution in [0, 0.1) is 0 Å². The Bertz CT molecular complexity index is 1920. The summed E-state index contributed by atoms with van der Waals surface area (Å²) in [5.74, 6) is -2.40. The van der Waals surface area contributed by atoms with E-state index in [2.05, 4.69) is 0 Å². The molecule has 6 N–H and O–H groups in total.